The number of thioether (sulfide) groups is 1. The molecule has 1 N–H and O–H groups in total. The molecule has 1 rings (SSSR count). The summed E-state index contributed by atoms with van der Waals surface area (Å²) < 4.78 is 5.37. The van der Waals surface area contributed by atoms with Crippen molar-refractivity contribution in [3.63, 3.8) is 0 Å². The van der Waals surface area contributed by atoms with Gasteiger partial charge in [-0.15, -0.1) is 0 Å². The van der Waals surface area contributed by atoms with Crippen LogP contribution in [0.1, 0.15) is 48.1 Å². The fraction of sp³-hybridized carbons (Fsp3) is 0.600. The number of hydrogen-bond donors (Lipinski definition) is 1. The fourth-order valence-corrected chi connectivity index (χ4v) is 2.87. The zero-order valence-corrected chi connectivity index (χ0v) is 13.7. The summed E-state index contributed by atoms with van der Waals surface area (Å²) in [6, 6.07) is 1.48. The van der Waals surface area contributed by atoms with Gasteiger partial charge in [0.1, 0.15) is 17.1 Å². The van der Waals surface area contributed by atoms with E-state index in [2.05, 4.69) is 6.92 Å². The molecule has 6 heteroatoms. The smallest absolute Gasteiger partial charge is 0.339 e. The predicted octanol–water partition coefficient (Wildman–Crippen LogP) is 3.17. The maximum Gasteiger partial charge on any atom is 0.339 e. The van der Waals surface area contributed by atoms with E-state index in [1.165, 1.54) is 18.9 Å². The number of amides is 1. The Bertz CT molecular complexity index is 484. The summed E-state index contributed by atoms with van der Waals surface area (Å²) in [5.74, 6) is 1.81. The lowest BCUT2D eigenvalue weighted by Gasteiger charge is -2.15. The van der Waals surface area contributed by atoms with Crippen molar-refractivity contribution >= 4 is 23.6 Å². The van der Waals surface area contributed by atoms with Crippen molar-refractivity contribution in [3.8, 4) is 0 Å². The normalized spacial score (nSPS) is 10.6. The van der Waals surface area contributed by atoms with Crippen LogP contribution in [-0.2, 0) is 11.3 Å². The molecule has 1 amide bonds. The first-order chi connectivity index (χ1) is 9.95. The molecule has 0 radical (unpaired) electrons. The van der Waals surface area contributed by atoms with E-state index in [0.29, 0.717) is 24.5 Å². The van der Waals surface area contributed by atoms with Gasteiger partial charge in [0.2, 0.25) is 5.91 Å². The molecule has 0 spiro atoms. The molecule has 0 atom stereocenters. The van der Waals surface area contributed by atoms with Crippen LogP contribution in [-0.4, -0.2) is 40.4 Å². The second kappa shape index (κ2) is 8.77. The number of carbonyl (C=O) groups is 2. The molecule has 0 aliphatic heterocycles. The van der Waals surface area contributed by atoms with Crippen LogP contribution in [0, 0.1) is 6.92 Å². The highest BCUT2D eigenvalue weighted by Gasteiger charge is 2.16. The molecule has 0 unspecified atom stereocenters. The average Bonchev–Trinajstić information content (AvgIpc) is 2.79. The summed E-state index contributed by atoms with van der Waals surface area (Å²) >= 11 is 1.79. The Hall–Kier alpha value is -1.43. The van der Waals surface area contributed by atoms with Gasteiger partial charge < -0.3 is 14.4 Å². The molecule has 5 nitrogen and oxygen atoms in total. The lowest BCUT2D eigenvalue weighted by molar-refractivity contribution is -0.130. The molecule has 0 saturated carbocycles. The summed E-state index contributed by atoms with van der Waals surface area (Å²) in [6.45, 7) is 4.06. The Morgan fingerprint density at radius 2 is 2.10 bits per heavy atom. The minimum atomic E-state index is -1.01. The van der Waals surface area contributed by atoms with Gasteiger partial charge in [-0.2, -0.15) is 11.8 Å². The highest BCUT2D eigenvalue weighted by Crippen LogP contribution is 2.16. The van der Waals surface area contributed by atoms with Crippen molar-refractivity contribution in [3.05, 3.63) is 23.2 Å². The van der Waals surface area contributed by atoms with E-state index in [-0.39, 0.29) is 11.5 Å². The van der Waals surface area contributed by atoms with E-state index in [0.717, 1.165) is 11.5 Å². The summed E-state index contributed by atoms with van der Waals surface area (Å²) in [5.41, 5.74) is 0.154. The van der Waals surface area contributed by atoms with E-state index >= 15 is 0 Å². The van der Waals surface area contributed by atoms with Gasteiger partial charge >= 0.3 is 5.97 Å². The summed E-state index contributed by atoms with van der Waals surface area (Å²) in [7, 11) is 1.71. The molecule has 21 heavy (non-hydrogen) atoms. The maximum atomic E-state index is 12.0. The molecule has 118 valence electrons. The quantitative estimate of drug-likeness (QED) is 0.709. The Balaban J connectivity index is 2.41. The molecule has 1 heterocycles. The van der Waals surface area contributed by atoms with Gasteiger partial charge in [0.25, 0.3) is 0 Å². The number of aromatic carboxylic acids is 1. The van der Waals surface area contributed by atoms with Crippen molar-refractivity contribution in [2.45, 2.75) is 39.7 Å². The summed E-state index contributed by atoms with van der Waals surface area (Å²) in [6.07, 6.45) is 2.85. The molecule has 0 bridgehead atoms. The molecular formula is C15H23NO4S. The number of carboxylic acids is 1. The molecule has 0 fully saturated rings. The van der Waals surface area contributed by atoms with Crippen molar-refractivity contribution in [1.82, 2.24) is 4.90 Å². The van der Waals surface area contributed by atoms with Crippen LogP contribution in [0.2, 0.25) is 0 Å². The van der Waals surface area contributed by atoms with Crippen LogP contribution < -0.4 is 0 Å². The number of nitrogens with zero attached hydrogens (tertiary/aromatic N) is 1. The minimum absolute atomic E-state index is 0.0462. The fourth-order valence-electron chi connectivity index (χ4n) is 1.85. The van der Waals surface area contributed by atoms with E-state index < -0.39 is 5.97 Å². The van der Waals surface area contributed by atoms with Crippen LogP contribution in [0.5, 0.6) is 0 Å². The van der Waals surface area contributed by atoms with Gasteiger partial charge in [0.05, 0.1) is 6.54 Å². The largest absolute Gasteiger partial charge is 0.478 e. The van der Waals surface area contributed by atoms with Gasteiger partial charge in [-0.05, 0) is 25.2 Å². The van der Waals surface area contributed by atoms with Gasteiger partial charge in [-0.1, -0.05) is 13.3 Å². The SMILES string of the molecule is CCCCSCCC(=O)N(C)Cc1cc(C(=O)O)c(C)o1. The average molecular weight is 313 g/mol. The van der Waals surface area contributed by atoms with Crippen molar-refractivity contribution in [1.29, 1.82) is 0 Å². The molecule has 1 aromatic rings. The van der Waals surface area contributed by atoms with Crippen LogP contribution >= 0.6 is 11.8 Å². The zero-order chi connectivity index (χ0) is 15.8. The maximum absolute atomic E-state index is 12.0. The number of unbranched alkanes of at least 4 members (excludes halogenated alkanes) is 1. The number of hydrogen-bond acceptors (Lipinski definition) is 4. The second-order valence-corrected chi connectivity index (χ2v) is 6.18. The van der Waals surface area contributed by atoms with E-state index in [4.69, 9.17) is 9.52 Å². The highest BCUT2D eigenvalue weighted by atomic mass is 32.2. The van der Waals surface area contributed by atoms with Gasteiger partial charge in [0, 0.05) is 19.2 Å². The predicted molar refractivity (Wildman–Crippen MR) is 83.7 cm³/mol. The lowest BCUT2D eigenvalue weighted by Crippen LogP contribution is -2.26. The van der Waals surface area contributed by atoms with Crippen LogP contribution in [0.3, 0.4) is 0 Å². The second-order valence-electron chi connectivity index (χ2n) is 4.95. The summed E-state index contributed by atoms with van der Waals surface area (Å²) in [4.78, 5) is 24.5. The van der Waals surface area contributed by atoms with Crippen LogP contribution in [0.4, 0.5) is 0 Å². The van der Waals surface area contributed by atoms with Crippen molar-refractivity contribution in [2.24, 2.45) is 0 Å². The third kappa shape index (κ3) is 5.83. The molecular weight excluding hydrogens is 290 g/mol. The first kappa shape index (κ1) is 17.6. The molecule has 0 aliphatic carbocycles. The van der Waals surface area contributed by atoms with Crippen molar-refractivity contribution < 1.29 is 19.1 Å². The number of carbonyl (C=O) groups excluding carboxylic acids is 1. The first-order valence-electron chi connectivity index (χ1n) is 7.10. The number of carboxylic acid groups (broad SMARTS) is 1. The van der Waals surface area contributed by atoms with Gasteiger partial charge in [-0.25, -0.2) is 4.79 Å². The topological polar surface area (TPSA) is 70.8 Å². The first-order valence-corrected chi connectivity index (χ1v) is 8.25. The van der Waals surface area contributed by atoms with E-state index in [1.807, 2.05) is 0 Å². The van der Waals surface area contributed by atoms with Crippen molar-refractivity contribution in [2.75, 3.05) is 18.6 Å². The van der Waals surface area contributed by atoms with Gasteiger partial charge in [0.15, 0.2) is 0 Å². The highest BCUT2D eigenvalue weighted by molar-refractivity contribution is 7.99. The number of furan rings is 1. The van der Waals surface area contributed by atoms with E-state index in [1.54, 1.807) is 30.6 Å². The molecule has 1 aromatic heterocycles. The third-order valence-corrected chi connectivity index (χ3v) is 4.19. The lowest BCUT2D eigenvalue weighted by atomic mass is 10.2. The van der Waals surface area contributed by atoms with Crippen LogP contribution in [0.25, 0.3) is 0 Å². The molecule has 0 aliphatic rings. The number of rotatable bonds is 9. The summed E-state index contributed by atoms with van der Waals surface area (Å²) in [5, 5.41) is 8.97. The van der Waals surface area contributed by atoms with Gasteiger partial charge in [-0.3, -0.25) is 4.79 Å². The monoisotopic (exact) mass is 313 g/mol. The molecule has 0 aromatic carbocycles. The Kier molecular flexibility index (Phi) is 7.36. The van der Waals surface area contributed by atoms with E-state index in [9.17, 15) is 9.59 Å². The number of aryl methyl sites for hydroxylation is 1. The Morgan fingerprint density at radius 3 is 2.67 bits per heavy atom. The zero-order valence-electron chi connectivity index (χ0n) is 12.8. The third-order valence-electron chi connectivity index (χ3n) is 3.12. The standard InChI is InChI=1S/C15H23NO4S/c1-4-5-7-21-8-6-14(17)16(3)10-12-9-13(15(18)19)11(2)20-12/h9H,4-8,10H2,1-3H3,(H,18,19). The Morgan fingerprint density at radius 1 is 1.38 bits per heavy atom. The Labute approximate surface area is 129 Å². The van der Waals surface area contributed by atoms with Crippen LogP contribution in [0.15, 0.2) is 10.5 Å². The minimum Gasteiger partial charge on any atom is -0.478 e. The molecule has 0 saturated heterocycles.